The number of nitrogens with one attached hydrogen (secondary N) is 1. The van der Waals surface area contributed by atoms with Gasteiger partial charge < -0.3 is 10.1 Å². The number of carbonyl (C=O) groups is 2. The molecule has 4 rings (SSSR count). The van der Waals surface area contributed by atoms with Crippen LogP contribution in [0.15, 0.2) is 48.1 Å². The van der Waals surface area contributed by atoms with E-state index in [1.54, 1.807) is 11.4 Å². The van der Waals surface area contributed by atoms with Crippen molar-refractivity contribution in [3.63, 3.8) is 0 Å². The predicted molar refractivity (Wildman–Crippen MR) is 97.4 cm³/mol. The van der Waals surface area contributed by atoms with Gasteiger partial charge in [-0.25, -0.2) is 4.79 Å². The minimum Gasteiger partial charge on any atom is -0.451 e. The molecule has 0 bridgehead atoms. The van der Waals surface area contributed by atoms with Gasteiger partial charge in [-0.05, 0) is 46.2 Å². The van der Waals surface area contributed by atoms with E-state index in [-0.39, 0.29) is 18.6 Å². The lowest BCUT2D eigenvalue weighted by Gasteiger charge is -2.18. The highest BCUT2D eigenvalue weighted by Gasteiger charge is 2.33. The van der Waals surface area contributed by atoms with Gasteiger partial charge in [-0.1, -0.05) is 30.3 Å². The summed E-state index contributed by atoms with van der Waals surface area (Å²) in [6, 6.07) is 11.5. The van der Waals surface area contributed by atoms with Crippen molar-refractivity contribution in [1.82, 2.24) is 25.5 Å². The third-order valence-corrected chi connectivity index (χ3v) is 5.21. The molecule has 2 aromatic heterocycles. The maximum absolute atomic E-state index is 12.4. The van der Waals surface area contributed by atoms with Crippen molar-refractivity contribution < 1.29 is 14.3 Å². The van der Waals surface area contributed by atoms with Crippen molar-refractivity contribution in [2.75, 3.05) is 6.61 Å². The summed E-state index contributed by atoms with van der Waals surface area (Å²) in [7, 11) is 0. The minimum absolute atomic E-state index is 0.0454. The molecule has 1 atom stereocenters. The van der Waals surface area contributed by atoms with Crippen molar-refractivity contribution in [2.45, 2.75) is 18.9 Å². The lowest BCUT2D eigenvalue weighted by molar-refractivity contribution is -0.125. The Kier molecular flexibility index (Phi) is 4.93. The average Bonchev–Trinajstić information content (AvgIpc) is 3.18. The van der Waals surface area contributed by atoms with Crippen LogP contribution in [-0.2, 0) is 9.53 Å². The summed E-state index contributed by atoms with van der Waals surface area (Å²) >= 11 is 1.21. The van der Waals surface area contributed by atoms with Crippen molar-refractivity contribution >= 4 is 23.2 Å². The molecule has 1 fully saturated rings. The first-order chi connectivity index (χ1) is 13.2. The highest BCUT2D eigenvalue weighted by Crippen LogP contribution is 2.40. The predicted octanol–water partition coefficient (Wildman–Crippen LogP) is 2.15. The van der Waals surface area contributed by atoms with Crippen LogP contribution in [0.5, 0.6) is 0 Å². The Morgan fingerprint density at radius 3 is 2.78 bits per heavy atom. The molecule has 0 aliphatic heterocycles. The number of amides is 1. The fourth-order valence-corrected chi connectivity index (χ4v) is 3.65. The summed E-state index contributed by atoms with van der Waals surface area (Å²) < 4.78 is 6.58. The van der Waals surface area contributed by atoms with E-state index < -0.39 is 5.97 Å². The van der Waals surface area contributed by atoms with Crippen LogP contribution in [0.1, 0.15) is 34.1 Å². The molecule has 27 heavy (non-hydrogen) atoms. The van der Waals surface area contributed by atoms with E-state index in [9.17, 15) is 9.59 Å². The summed E-state index contributed by atoms with van der Waals surface area (Å²) in [6.07, 6.45) is 3.57. The van der Waals surface area contributed by atoms with Crippen molar-refractivity contribution in [3.8, 4) is 5.69 Å². The van der Waals surface area contributed by atoms with Crippen molar-refractivity contribution in [2.24, 2.45) is 5.92 Å². The van der Waals surface area contributed by atoms with Gasteiger partial charge in [0.15, 0.2) is 6.61 Å². The molecule has 138 valence electrons. The number of hydrogen-bond donors (Lipinski definition) is 1. The average molecular weight is 383 g/mol. The van der Waals surface area contributed by atoms with Gasteiger partial charge in [0.2, 0.25) is 0 Å². The summed E-state index contributed by atoms with van der Waals surface area (Å²) in [4.78, 5) is 25.0. The third kappa shape index (κ3) is 4.03. The van der Waals surface area contributed by atoms with Gasteiger partial charge in [-0.3, -0.25) is 4.79 Å². The maximum atomic E-state index is 12.4. The van der Waals surface area contributed by atoms with Gasteiger partial charge in [-0.2, -0.15) is 4.68 Å². The quantitative estimate of drug-likeness (QED) is 0.628. The third-order valence-electron chi connectivity index (χ3n) is 4.33. The van der Waals surface area contributed by atoms with Gasteiger partial charge in [0.05, 0.1) is 11.7 Å². The largest absolute Gasteiger partial charge is 0.451 e. The van der Waals surface area contributed by atoms with Crippen LogP contribution in [0.3, 0.4) is 0 Å². The second kappa shape index (κ2) is 7.67. The van der Waals surface area contributed by atoms with Gasteiger partial charge in [0, 0.05) is 0 Å². The lowest BCUT2D eigenvalue weighted by Crippen LogP contribution is -2.33. The zero-order valence-electron chi connectivity index (χ0n) is 14.3. The monoisotopic (exact) mass is 383 g/mol. The number of carbonyl (C=O) groups excluding carboxylic acids is 2. The zero-order valence-corrected chi connectivity index (χ0v) is 15.1. The molecule has 0 radical (unpaired) electrons. The Morgan fingerprint density at radius 2 is 2.07 bits per heavy atom. The second-order valence-electron chi connectivity index (χ2n) is 6.26. The van der Waals surface area contributed by atoms with Gasteiger partial charge in [0.25, 0.3) is 5.91 Å². The molecule has 1 aromatic carbocycles. The van der Waals surface area contributed by atoms with Crippen molar-refractivity contribution in [3.05, 3.63) is 58.5 Å². The fraction of sp³-hybridized carbons (Fsp3) is 0.278. The Labute approximate surface area is 159 Å². The Balaban J connectivity index is 1.37. The molecule has 0 saturated heterocycles. The van der Waals surface area contributed by atoms with E-state index in [0.717, 1.165) is 18.4 Å². The van der Waals surface area contributed by atoms with Gasteiger partial charge >= 0.3 is 5.97 Å². The molecule has 1 saturated carbocycles. The van der Waals surface area contributed by atoms with Gasteiger partial charge in [-0.15, -0.1) is 16.4 Å². The van der Waals surface area contributed by atoms with E-state index in [4.69, 9.17) is 4.74 Å². The Bertz CT molecular complexity index is 922. The van der Waals surface area contributed by atoms with Crippen LogP contribution in [-0.4, -0.2) is 38.7 Å². The molecule has 3 aromatic rings. The standard InChI is InChI=1S/C18H17N5O3S/c24-15(20-16(13-6-7-13)12-4-2-1-3-5-12)10-26-18(25)17-14(8-9-27-17)23-11-19-21-22-23/h1-5,8-9,11,13,16H,6-7,10H2,(H,20,24). The summed E-state index contributed by atoms with van der Waals surface area (Å²) in [5.41, 5.74) is 1.59. The van der Waals surface area contributed by atoms with Crippen LogP contribution in [0.25, 0.3) is 5.69 Å². The fourth-order valence-electron chi connectivity index (χ4n) is 2.88. The molecule has 1 unspecified atom stereocenters. The molecule has 2 heterocycles. The number of esters is 1. The number of hydrogen-bond acceptors (Lipinski definition) is 7. The number of benzene rings is 1. The van der Waals surface area contributed by atoms with Crippen LogP contribution >= 0.6 is 11.3 Å². The maximum Gasteiger partial charge on any atom is 0.351 e. The van der Waals surface area contributed by atoms with Crippen LogP contribution in [0, 0.1) is 5.92 Å². The smallest absolute Gasteiger partial charge is 0.351 e. The molecular weight excluding hydrogens is 366 g/mol. The lowest BCUT2D eigenvalue weighted by atomic mass is 10.0. The number of rotatable bonds is 7. The molecule has 1 aliphatic carbocycles. The van der Waals surface area contributed by atoms with Crippen LogP contribution < -0.4 is 5.32 Å². The second-order valence-corrected chi connectivity index (χ2v) is 7.17. The highest BCUT2D eigenvalue weighted by atomic mass is 32.1. The Hall–Kier alpha value is -3.07. The number of nitrogens with zero attached hydrogens (tertiary/aromatic N) is 4. The summed E-state index contributed by atoms with van der Waals surface area (Å²) in [6.45, 7) is -0.332. The first-order valence-corrected chi connectivity index (χ1v) is 9.42. The highest BCUT2D eigenvalue weighted by molar-refractivity contribution is 7.12. The topological polar surface area (TPSA) is 99.0 Å². The molecular formula is C18H17N5O3S. The molecule has 9 heteroatoms. The van der Waals surface area contributed by atoms with E-state index in [1.165, 1.54) is 22.3 Å². The van der Waals surface area contributed by atoms with E-state index in [0.29, 0.717) is 16.5 Å². The first-order valence-electron chi connectivity index (χ1n) is 8.54. The van der Waals surface area contributed by atoms with Crippen molar-refractivity contribution in [1.29, 1.82) is 0 Å². The molecule has 1 aliphatic rings. The van der Waals surface area contributed by atoms with E-state index in [1.807, 2.05) is 30.3 Å². The molecule has 1 N–H and O–H groups in total. The summed E-state index contributed by atoms with van der Waals surface area (Å²) in [5.74, 6) is -0.450. The number of ether oxygens (including phenoxy) is 1. The molecule has 0 spiro atoms. The zero-order chi connectivity index (χ0) is 18.6. The first kappa shape index (κ1) is 17.3. The number of thiophene rings is 1. The van der Waals surface area contributed by atoms with Crippen LogP contribution in [0.4, 0.5) is 0 Å². The van der Waals surface area contributed by atoms with E-state index >= 15 is 0 Å². The molecule has 8 nitrogen and oxygen atoms in total. The molecule has 1 amide bonds. The number of tetrazole rings is 1. The SMILES string of the molecule is O=C(COC(=O)c1sccc1-n1cnnn1)NC(c1ccccc1)C1CC1. The normalized spacial score (nSPS) is 14.5. The Morgan fingerprint density at radius 1 is 1.26 bits per heavy atom. The van der Waals surface area contributed by atoms with E-state index in [2.05, 4.69) is 20.8 Å². The number of aromatic nitrogens is 4. The summed E-state index contributed by atoms with van der Waals surface area (Å²) in [5, 5.41) is 15.6. The van der Waals surface area contributed by atoms with Crippen LogP contribution in [0.2, 0.25) is 0 Å². The minimum atomic E-state index is -0.576. The van der Waals surface area contributed by atoms with Gasteiger partial charge in [0.1, 0.15) is 11.2 Å².